The summed E-state index contributed by atoms with van der Waals surface area (Å²) in [5.74, 6) is -2.59. The van der Waals surface area contributed by atoms with Crippen LogP contribution in [0.1, 0.15) is 46.7 Å². The van der Waals surface area contributed by atoms with Crippen LogP contribution in [0.4, 0.5) is 13.2 Å². The van der Waals surface area contributed by atoms with Gasteiger partial charge in [-0.3, -0.25) is 14.4 Å². The highest BCUT2D eigenvalue weighted by molar-refractivity contribution is 6.10. The summed E-state index contributed by atoms with van der Waals surface area (Å²) >= 11 is 0. The minimum atomic E-state index is -4.56. The SMILES string of the molecule is O=C(CC1C(=O)CC(c2ccccc2)CC1=O)c1cccc(C(F)(F)F)c1. The number of Topliss-reactive ketones (excluding diaryl/α,β-unsaturated/α-hetero) is 3. The Morgan fingerprint density at radius 1 is 0.926 bits per heavy atom. The number of carbonyl (C=O) groups is 3. The first kappa shape index (κ1) is 19.0. The smallest absolute Gasteiger partial charge is 0.299 e. The molecule has 6 heteroatoms. The average molecular weight is 374 g/mol. The van der Waals surface area contributed by atoms with E-state index in [1.54, 1.807) is 0 Å². The maximum atomic E-state index is 12.8. The van der Waals surface area contributed by atoms with E-state index < -0.39 is 23.4 Å². The van der Waals surface area contributed by atoms with Gasteiger partial charge in [-0.05, 0) is 23.6 Å². The number of benzene rings is 2. The van der Waals surface area contributed by atoms with Crippen molar-refractivity contribution in [3.8, 4) is 0 Å². The van der Waals surface area contributed by atoms with Crippen molar-refractivity contribution >= 4 is 17.3 Å². The van der Waals surface area contributed by atoms with Crippen molar-refractivity contribution in [1.29, 1.82) is 0 Å². The summed E-state index contributed by atoms with van der Waals surface area (Å²) in [4.78, 5) is 37.2. The van der Waals surface area contributed by atoms with Gasteiger partial charge in [0.15, 0.2) is 5.78 Å². The second kappa shape index (κ2) is 7.47. The van der Waals surface area contributed by atoms with Gasteiger partial charge < -0.3 is 0 Å². The molecule has 0 radical (unpaired) electrons. The predicted octanol–water partition coefficient (Wildman–Crippen LogP) is 4.61. The fourth-order valence-corrected chi connectivity index (χ4v) is 3.38. The number of hydrogen-bond acceptors (Lipinski definition) is 3. The fourth-order valence-electron chi connectivity index (χ4n) is 3.38. The highest BCUT2D eigenvalue weighted by atomic mass is 19.4. The molecule has 0 unspecified atom stereocenters. The topological polar surface area (TPSA) is 51.2 Å². The molecule has 2 aromatic rings. The molecule has 1 saturated carbocycles. The molecule has 140 valence electrons. The van der Waals surface area contributed by atoms with E-state index >= 15 is 0 Å². The van der Waals surface area contributed by atoms with E-state index in [-0.39, 0.29) is 42.3 Å². The van der Waals surface area contributed by atoms with Crippen molar-refractivity contribution in [3.63, 3.8) is 0 Å². The molecule has 1 aliphatic rings. The predicted molar refractivity (Wildman–Crippen MR) is 92.3 cm³/mol. The summed E-state index contributed by atoms with van der Waals surface area (Å²) in [5, 5.41) is 0. The monoisotopic (exact) mass is 374 g/mol. The van der Waals surface area contributed by atoms with Gasteiger partial charge in [-0.25, -0.2) is 0 Å². The summed E-state index contributed by atoms with van der Waals surface area (Å²) in [5.41, 5.74) is -0.184. The zero-order chi connectivity index (χ0) is 19.6. The Morgan fingerprint density at radius 2 is 1.56 bits per heavy atom. The first-order valence-corrected chi connectivity index (χ1v) is 8.56. The Labute approximate surface area is 154 Å². The van der Waals surface area contributed by atoms with Gasteiger partial charge in [0.25, 0.3) is 0 Å². The molecule has 0 heterocycles. The van der Waals surface area contributed by atoms with E-state index in [0.717, 1.165) is 23.8 Å². The molecule has 1 aliphatic carbocycles. The lowest BCUT2D eigenvalue weighted by Crippen LogP contribution is -2.34. The van der Waals surface area contributed by atoms with Crippen LogP contribution in [-0.2, 0) is 15.8 Å². The Balaban J connectivity index is 1.72. The maximum Gasteiger partial charge on any atom is 0.416 e. The van der Waals surface area contributed by atoms with Crippen molar-refractivity contribution in [2.75, 3.05) is 0 Å². The second-order valence-corrected chi connectivity index (χ2v) is 6.71. The van der Waals surface area contributed by atoms with Crippen molar-refractivity contribution in [3.05, 3.63) is 71.3 Å². The second-order valence-electron chi connectivity index (χ2n) is 6.71. The number of carbonyl (C=O) groups excluding carboxylic acids is 3. The molecule has 3 nitrogen and oxygen atoms in total. The Kier molecular flexibility index (Phi) is 5.26. The lowest BCUT2D eigenvalue weighted by atomic mass is 9.75. The number of hydrogen-bond donors (Lipinski definition) is 0. The molecule has 0 N–H and O–H groups in total. The van der Waals surface area contributed by atoms with E-state index in [0.29, 0.717) is 0 Å². The molecule has 0 bridgehead atoms. The zero-order valence-corrected chi connectivity index (χ0v) is 14.3. The Bertz CT molecular complexity index is 854. The van der Waals surface area contributed by atoms with E-state index in [1.165, 1.54) is 6.07 Å². The summed E-state index contributed by atoms with van der Waals surface area (Å²) in [6, 6.07) is 13.2. The van der Waals surface area contributed by atoms with Gasteiger partial charge >= 0.3 is 6.18 Å². The van der Waals surface area contributed by atoms with Crippen LogP contribution in [0.2, 0.25) is 0 Å². The molecular formula is C21H17F3O3. The minimum Gasteiger partial charge on any atom is -0.299 e. The summed E-state index contributed by atoms with van der Waals surface area (Å²) in [7, 11) is 0. The highest BCUT2D eigenvalue weighted by Crippen LogP contribution is 2.34. The molecule has 3 rings (SSSR count). The number of halogens is 3. The normalized spacial score (nSPS) is 20.6. The summed E-state index contributed by atoms with van der Waals surface area (Å²) in [6.07, 6.45) is -4.65. The van der Waals surface area contributed by atoms with Crippen LogP contribution in [0.15, 0.2) is 54.6 Å². The van der Waals surface area contributed by atoms with Crippen molar-refractivity contribution in [1.82, 2.24) is 0 Å². The van der Waals surface area contributed by atoms with Crippen molar-refractivity contribution in [2.24, 2.45) is 5.92 Å². The highest BCUT2D eigenvalue weighted by Gasteiger charge is 2.37. The van der Waals surface area contributed by atoms with Crippen LogP contribution in [0, 0.1) is 5.92 Å². The van der Waals surface area contributed by atoms with Crippen molar-refractivity contribution in [2.45, 2.75) is 31.4 Å². The largest absolute Gasteiger partial charge is 0.416 e. The van der Waals surface area contributed by atoms with E-state index in [9.17, 15) is 27.6 Å². The van der Waals surface area contributed by atoms with E-state index in [4.69, 9.17) is 0 Å². The van der Waals surface area contributed by atoms with E-state index in [1.807, 2.05) is 30.3 Å². The van der Waals surface area contributed by atoms with Crippen LogP contribution in [0.5, 0.6) is 0 Å². The van der Waals surface area contributed by atoms with Gasteiger partial charge in [-0.2, -0.15) is 13.2 Å². The molecule has 2 aromatic carbocycles. The zero-order valence-electron chi connectivity index (χ0n) is 14.3. The lowest BCUT2D eigenvalue weighted by Gasteiger charge is -2.26. The number of alkyl halides is 3. The molecular weight excluding hydrogens is 357 g/mol. The van der Waals surface area contributed by atoms with Crippen LogP contribution in [-0.4, -0.2) is 17.3 Å². The van der Waals surface area contributed by atoms with Crippen LogP contribution in [0.25, 0.3) is 0 Å². The van der Waals surface area contributed by atoms with Crippen molar-refractivity contribution < 1.29 is 27.6 Å². The third-order valence-corrected chi connectivity index (χ3v) is 4.84. The van der Waals surface area contributed by atoms with Gasteiger partial charge in [0, 0.05) is 24.8 Å². The first-order valence-electron chi connectivity index (χ1n) is 8.56. The van der Waals surface area contributed by atoms with Crippen LogP contribution >= 0.6 is 0 Å². The Morgan fingerprint density at radius 3 is 2.15 bits per heavy atom. The standard InChI is InChI=1S/C21H17F3O3/c22-21(23,24)16-8-4-7-14(9-16)18(25)12-17-19(26)10-15(11-20(17)27)13-5-2-1-3-6-13/h1-9,15,17H,10-12H2. The van der Waals surface area contributed by atoms with Gasteiger partial charge in [-0.15, -0.1) is 0 Å². The third-order valence-electron chi connectivity index (χ3n) is 4.84. The molecule has 1 fully saturated rings. The number of rotatable bonds is 4. The maximum absolute atomic E-state index is 12.8. The molecule has 0 spiro atoms. The first-order chi connectivity index (χ1) is 12.8. The van der Waals surface area contributed by atoms with Gasteiger partial charge in [-0.1, -0.05) is 42.5 Å². The number of ketones is 3. The third kappa shape index (κ3) is 4.32. The van der Waals surface area contributed by atoms with Gasteiger partial charge in [0.05, 0.1) is 11.5 Å². The molecule has 27 heavy (non-hydrogen) atoms. The summed E-state index contributed by atoms with van der Waals surface area (Å²) < 4.78 is 38.4. The van der Waals surface area contributed by atoms with Crippen LogP contribution < -0.4 is 0 Å². The minimum absolute atomic E-state index is 0.143. The quantitative estimate of drug-likeness (QED) is 0.580. The molecule has 0 aromatic heterocycles. The summed E-state index contributed by atoms with van der Waals surface area (Å²) in [6.45, 7) is 0. The van der Waals surface area contributed by atoms with E-state index in [2.05, 4.69) is 0 Å². The van der Waals surface area contributed by atoms with Gasteiger partial charge in [0.2, 0.25) is 0 Å². The Hall–Kier alpha value is -2.76. The average Bonchev–Trinajstić information content (AvgIpc) is 2.64. The van der Waals surface area contributed by atoms with Crippen LogP contribution in [0.3, 0.4) is 0 Å². The molecule has 0 atom stereocenters. The molecule has 0 saturated heterocycles. The fraction of sp³-hybridized carbons (Fsp3) is 0.286. The molecule has 0 amide bonds. The van der Waals surface area contributed by atoms with Gasteiger partial charge in [0.1, 0.15) is 11.6 Å². The molecule has 0 aliphatic heterocycles. The lowest BCUT2D eigenvalue weighted by molar-refractivity contribution is -0.138.